The number of aryl methyl sites for hydroxylation is 1. The third-order valence-corrected chi connectivity index (χ3v) is 5.34. The van der Waals surface area contributed by atoms with Crippen LogP contribution in [0, 0.1) is 6.92 Å². The number of hydrogen-bond donors (Lipinski definition) is 2. The molecule has 0 saturated heterocycles. The quantitative estimate of drug-likeness (QED) is 0.742. The molecule has 0 saturated carbocycles. The van der Waals surface area contributed by atoms with Gasteiger partial charge in [-0.2, -0.15) is 0 Å². The lowest BCUT2D eigenvalue weighted by Crippen LogP contribution is -2.26. The number of methoxy groups -OCH3 is 1. The van der Waals surface area contributed by atoms with Crippen molar-refractivity contribution < 1.29 is 17.9 Å². The number of carbonyl (C=O) groups is 1. The molecule has 2 N–H and O–H groups in total. The fourth-order valence-corrected chi connectivity index (χ4v) is 3.48. The van der Waals surface area contributed by atoms with Crippen molar-refractivity contribution in [1.29, 1.82) is 0 Å². The lowest BCUT2D eigenvalue weighted by atomic mass is 10.1. The third kappa shape index (κ3) is 4.83. The molecule has 1 amide bonds. The minimum atomic E-state index is -3.76. The first-order valence-electron chi connectivity index (χ1n) is 8.39. The smallest absolute Gasteiger partial charge is 0.251 e. The van der Waals surface area contributed by atoms with Crippen molar-refractivity contribution in [3.8, 4) is 5.75 Å². The van der Waals surface area contributed by atoms with Gasteiger partial charge in [-0.15, -0.1) is 0 Å². The van der Waals surface area contributed by atoms with E-state index in [0.717, 1.165) is 17.5 Å². The van der Waals surface area contributed by atoms with Crippen LogP contribution >= 0.6 is 0 Å². The predicted octanol–water partition coefficient (Wildman–Crippen LogP) is 2.62. The van der Waals surface area contributed by atoms with Crippen molar-refractivity contribution in [3.63, 3.8) is 0 Å². The Morgan fingerprint density at radius 1 is 1.15 bits per heavy atom. The SMILES string of the molecule is CCCNC(=O)c1cc(S(=O)(=O)NCc2ccccc2OC)ccc1C. The van der Waals surface area contributed by atoms with Crippen LogP contribution in [0.2, 0.25) is 0 Å². The summed E-state index contributed by atoms with van der Waals surface area (Å²) in [4.78, 5) is 12.3. The van der Waals surface area contributed by atoms with Crippen LogP contribution in [0.4, 0.5) is 0 Å². The number of benzene rings is 2. The zero-order chi connectivity index (χ0) is 19.2. The second kappa shape index (κ2) is 8.82. The monoisotopic (exact) mass is 376 g/mol. The number of rotatable bonds is 8. The number of ether oxygens (including phenoxy) is 1. The van der Waals surface area contributed by atoms with Crippen molar-refractivity contribution in [1.82, 2.24) is 10.0 Å². The minimum absolute atomic E-state index is 0.0552. The zero-order valence-corrected chi connectivity index (χ0v) is 16.0. The van der Waals surface area contributed by atoms with Crippen LogP contribution in [0.1, 0.15) is 34.8 Å². The normalized spacial score (nSPS) is 11.2. The first-order chi connectivity index (χ1) is 12.4. The van der Waals surface area contributed by atoms with E-state index in [-0.39, 0.29) is 17.3 Å². The van der Waals surface area contributed by atoms with E-state index in [1.165, 1.54) is 19.2 Å². The Labute approximate surface area is 154 Å². The van der Waals surface area contributed by atoms with Gasteiger partial charge < -0.3 is 10.1 Å². The molecule has 0 aliphatic carbocycles. The Balaban J connectivity index is 2.22. The maximum absolute atomic E-state index is 12.6. The molecule has 6 nitrogen and oxygen atoms in total. The van der Waals surface area contributed by atoms with Gasteiger partial charge >= 0.3 is 0 Å². The number of para-hydroxylation sites is 1. The van der Waals surface area contributed by atoms with Crippen molar-refractivity contribution in [2.24, 2.45) is 0 Å². The van der Waals surface area contributed by atoms with E-state index in [4.69, 9.17) is 4.74 Å². The van der Waals surface area contributed by atoms with E-state index in [9.17, 15) is 13.2 Å². The predicted molar refractivity (Wildman–Crippen MR) is 101 cm³/mol. The highest BCUT2D eigenvalue weighted by atomic mass is 32.2. The summed E-state index contributed by atoms with van der Waals surface area (Å²) in [6.07, 6.45) is 0.809. The summed E-state index contributed by atoms with van der Waals surface area (Å²) in [6.45, 7) is 4.37. The van der Waals surface area contributed by atoms with Crippen LogP contribution in [0.25, 0.3) is 0 Å². The minimum Gasteiger partial charge on any atom is -0.496 e. The zero-order valence-electron chi connectivity index (χ0n) is 15.2. The van der Waals surface area contributed by atoms with Crippen LogP contribution in [0.5, 0.6) is 5.75 Å². The first kappa shape index (κ1) is 19.9. The molecule has 0 unspecified atom stereocenters. The van der Waals surface area contributed by atoms with Gasteiger partial charge in [0.1, 0.15) is 5.75 Å². The molecule has 0 aromatic heterocycles. The second-order valence-electron chi connectivity index (χ2n) is 5.87. The third-order valence-electron chi connectivity index (χ3n) is 3.94. The number of amides is 1. The summed E-state index contributed by atoms with van der Waals surface area (Å²) in [5.74, 6) is 0.338. The molecule has 0 fully saturated rings. The Kier molecular flexibility index (Phi) is 6.76. The number of sulfonamides is 1. The molecular formula is C19H24N2O4S. The lowest BCUT2D eigenvalue weighted by Gasteiger charge is -2.12. The fourth-order valence-electron chi connectivity index (χ4n) is 2.45. The average Bonchev–Trinajstić information content (AvgIpc) is 2.64. The van der Waals surface area contributed by atoms with Crippen LogP contribution in [-0.2, 0) is 16.6 Å². The van der Waals surface area contributed by atoms with E-state index in [0.29, 0.717) is 17.9 Å². The molecule has 140 valence electrons. The Morgan fingerprint density at radius 2 is 1.88 bits per heavy atom. The van der Waals surface area contributed by atoms with Crippen LogP contribution < -0.4 is 14.8 Å². The standard InChI is InChI=1S/C19H24N2O4S/c1-4-11-20-19(22)17-12-16(10-9-14(17)2)26(23,24)21-13-15-7-5-6-8-18(15)25-3/h5-10,12,21H,4,11,13H2,1-3H3,(H,20,22). The number of nitrogens with one attached hydrogen (secondary N) is 2. The fraction of sp³-hybridized carbons (Fsp3) is 0.316. The molecule has 0 aliphatic heterocycles. The number of hydrogen-bond acceptors (Lipinski definition) is 4. The van der Waals surface area contributed by atoms with Gasteiger partial charge in [0.25, 0.3) is 5.91 Å². The molecule has 7 heteroatoms. The highest BCUT2D eigenvalue weighted by Crippen LogP contribution is 2.19. The van der Waals surface area contributed by atoms with Gasteiger partial charge in [-0.1, -0.05) is 31.2 Å². The molecular weight excluding hydrogens is 352 g/mol. The molecule has 0 bridgehead atoms. The van der Waals surface area contributed by atoms with Crippen molar-refractivity contribution in [2.45, 2.75) is 31.7 Å². The molecule has 26 heavy (non-hydrogen) atoms. The molecule has 0 atom stereocenters. The summed E-state index contributed by atoms with van der Waals surface area (Å²) in [6, 6.07) is 11.7. The largest absolute Gasteiger partial charge is 0.496 e. The van der Waals surface area contributed by atoms with Gasteiger partial charge in [-0.25, -0.2) is 13.1 Å². The first-order valence-corrected chi connectivity index (χ1v) is 9.87. The van der Waals surface area contributed by atoms with Crippen LogP contribution in [0.3, 0.4) is 0 Å². The van der Waals surface area contributed by atoms with Gasteiger partial charge in [0, 0.05) is 24.2 Å². The Morgan fingerprint density at radius 3 is 2.58 bits per heavy atom. The maximum atomic E-state index is 12.6. The molecule has 2 rings (SSSR count). The summed E-state index contributed by atoms with van der Waals surface area (Å²) < 4.78 is 33.0. The average molecular weight is 376 g/mol. The Bertz CT molecular complexity index is 879. The van der Waals surface area contributed by atoms with Gasteiger partial charge in [-0.3, -0.25) is 4.79 Å². The van der Waals surface area contributed by atoms with E-state index >= 15 is 0 Å². The van der Waals surface area contributed by atoms with Crippen molar-refractivity contribution in [3.05, 3.63) is 59.2 Å². The molecule has 0 aliphatic rings. The summed E-state index contributed by atoms with van der Waals surface area (Å²) in [5.41, 5.74) is 1.81. The molecule has 0 heterocycles. The lowest BCUT2D eigenvalue weighted by molar-refractivity contribution is 0.0953. The topological polar surface area (TPSA) is 84.5 Å². The highest BCUT2D eigenvalue weighted by molar-refractivity contribution is 7.89. The number of carbonyl (C=O) groups excluding carboxylic acids is 1. The second-order valence-corrected chi connectivity index (χ2v) is 7.64. The van der Waals surface area contributed by atoms with Gasteiger partial charge in [0.2, 0.25) is 10.0 Å². The molecule has 2 aromatic rings. The van der Waals surface area contributed by atoms with E-state index in [2.05, 4.69) is 10.0 Å². The maximum Gasteiger partial charge on any atom is 0.251 e. The van der Waals surface area contributed by atoms with E-state index in [1.807, 2.05) is 19.1 Å². The summed E-state index contributed by atoms with van der Waals surface area (Å²) >= 11 is 0. The highest BCUT2D eigenvalue weighted by Gasteiger charge is 2.18. The molecule has 2 aromatic carbocycles. The molecule has 0 spiro atoms. The van der Waals surface area contributed by atoms with Gasteiger partial charge in [0.15, 0.2) is 0 Å². The van der Waals surface area contributed by atoms with E-state index < -0.39 is 10.0 Å². The Hall–Kier alpha value is -2.38. The van der Waals surface area contributed by atoms with Crippen molar-refractivity contribution in [2.75, 3.05) is 13.7 Å². The van der Waals surface area contributed by atoms with Gasteiger partial charge in [0.05, 0.1) is 12.0 Å². The van der Waals surface area contributed by atoms with E-state index in [1.54, 1.807) is 25.1 Å². The van der Waals surface area contributed by atoms with Gasteiger partial charge in [-0.05, 0) is 37.1 Å². The molecule has 0 radical (unpaired) electrons. The summed E-state index contributed by atoms with van der Waals surface area (Å²) in [5, 5.41) is 2.77. The van der Waals surface area contributed by atoms with Crippen LogP contribution in [-0.4, -0.2) is 28.0 Å². The van der Waals surface area contributed by atoms with Crippen molar-refractivity contribution >= 4 is 15.9 Å². The summed E-state index contributed by atoms with van der Waals surface area (Å²) in [7, 11) is -2.23. The van der Waals surface area contributed by atoms with Crippen LogP contribution in [0.15, 0.2) is 47.4 Å².